The number of benzene rings is 1. The van der Waals surface area contributed by atoms with E-state index >= 15 is 0 Å². The Bertz CT molecular complexity index is 768. The van der Waals surface area contributed by atoms with E-state index in [0.717, 1.165) is 11.3 Å². The lowest BCUT2D eigenvalue weighted by Gasteiger charge is -2.34. The summed E-state index contributed by atoms with van der Waals surface area (Å²) >= 11 is 0. The Labute approximate surface area is 140 Å². The molecular formula is C18H21N3O3. The van der Waals surface area contributed by atoms with E-state index in [0.29, 0.717) is 25.1 Å². The molecule has 1 fully saturated rings. The zero-order chi connectivity index (χ0) is 17.3. The molecule has 0 bridgehead atoms. The van der Waals surface area contributed by atoms with E-state index < -0.39 is 5.97 Å². The number of hydrogen-bond acceptors (Lipinski definition) is 3. The second-order valence-electron chi connectivity index (χ2n) is 6.42. The Morgan fingerprint density at radius 2 is 2.04 bits per heavy atom. The van der Waals surface area contributed by atoms with Crippen LogP contribution >= 0.6 is 0 Å². The van der Waals surface area contributed by atoms with Crippen LogP contribution in [-0.4, -0.2) is 44.8 Å². The molecule has 1 N–H and O–H groups in total. The Hall–Kier alpha value is -2.63. The van der Waals surface area contributed by atoms with Crippen molar-refractivity contribution in [1.29, 1.82) is 0 Å². The molecule has 2 aromatic rings. The number of hydrogen-bond donors (Lipinski definition) is 1. The number of carboxylic acid groups (broad SMARTS) is 1. The maximum absolute atomic E-state index is 12.7. The predicted octanol–water partition coefficient (Wildman–Crippen LogP) is 2.36. The summed E-state index contributed by atoms with van der Waals surface area (Å²) in [6, 6.07) is 7.85. The average molecular weight is 327 g/mol. The Balaban J connectivity index is 1.75. The van der Waals surface area contributed by atoms with Crippen molar-refractivity contribution in [3.05, 3.63) is 47.8 Å². The molecule has 2 atom stereocenters. The van der Waals surface area contributed by atoms with Crippen LogP contribution in [0.25, 0.3) is 5.69 Å². The minimum absolute atomic E-state index is 0.0494. The molecule has 3 rings (SSSR count). The van der Waals surface area contributed by atoms with Gasteiger partial charge in [-0.15, -0.1) is 0 Å². The second-order valence-corrected chi connectivity index (χ2v) is 6.42. The van der Waals surface area contributed by atoms with E-state index in [1.807, 2.05) is 38.1 Å². The number of aryl methyl sites for hydroxylation is 1. The topological polar surface area (TPSA) is 75.4 Å². The van der Waals surface area contributed by atoms with Gasteiger partial charge in [-0.1, -0.05) is 25.1 Å². The fraction of sp³-hybridized carbons (Fsp3) is 0.389. The number of aliphatic carboxylic acids is 1. The molecule has 2 heterocycles. The highest BCUT2D eigenvalue weighted by Crippen LogP contribution is 2.25. The van der Waals surface area contributed by atoms with E-state index in [-0.39, 0.29) is 17.7 Å². The van der Waals surface area contributed by atoms with Crippen LogP contribution in [0.4, 0.5) is 0 Å². The van der Waals surface area contributed by atoms with Gasteiger partial charge in [0, 0.05) is 19.3 Å². The molecular weight excluding hydrogens is 306 g/mol. The number of likely N-dealkylation sites (tertiary alicyclic amines) is 1. The number of rotatable bonds is 3. The van der Waals surface area contributed by atoms with Gasteiger partial charge in [0.2, 0.25) is 0 Å². The number of piperidine rings is 1. The minimum atomic E-state index is -0.776. The first-order chi connectivity index (χ1) is 11.5. The van der Waals surface area contributed by atoms with E-state index in [9.17, 15) is 14.7 Å². The van der Waals surface area contributed by atoms with Gasteiger partial charge in [-0.05, 0) is 30.9 Å². The molecule has 0 saturated carbocycles. The SMILES string of the molecule is Cc1ccccc1-n1cc(C(=O)N2CCC(C(=O)O)C(C)C2)cn1. The lowest BCUT2D eigenvalue weighted by atomic mass is 9.87. The van der Waals surface area contributed by atoms with Crippen LogP contribution in [0.1, 0.15) is 29.3 Å². The molecule has 24 heavy (non-hydrogen) atoms. The van der Waals surface area contributed by atoms with Gasteiger partial charge < -0.3 is 10.0 Å². The van der Waals surface area contributed by atoms with Crippen LogP contribution in [0.5, 0.6) is 0 Å². The number of aromatic nitrogens is 2. The summed E-state index contributed by atoms with van der Waals surface area (Å²) in [5, 5.41) is 13.5. The molecule has 1 saturated heterocycles. The molecule has 0 spiro atoms. The Kier molecular flexibility index (Phi) is 4.38. The lowest BCUT2D eigenvalue weighted by molar-refractivity contribution is -0.145. The van der Waals surface area contributed by atoms with Gasteiger partial charge in [0.15, 0.2) is 0 Å². The molecule has 0 radical (unpaired) electrons. The standard InChI is InChI=1S/C18H21N3O3/c1-12-5-3-4-6-16(12)21-11-14(9-19-21)17(22)20-8-7-15(18(23)24)13(2)10-20/h3-6,9,11,13,15H,7-8,10H2,1-2H3,(H,23,24). The highest BCUT2D eigenvalue weighted by molar-refractivity contribution is 5.94. The average Bonchev–Trinajstić information content (AvgIpc) is 3.03. The molecule has 1 amide bonds. The minimum Gasteiger partial charge on any atom is -0.481 e. The number of carboxylic acids is 1. The van der Waals surface area contributed by atoms with Gasteiger partial charge in [-0.3, -0.25) is 9.59 Å². The van der Waals surface area contributed by atoms with Gasteiger partial charge >= 0.3 is 5.97 Å². The molecule has 1 aliphatic rings. The summed E-state index contributed by atoms with van der Waals surface area (Å²) in [4.78, 5) is 25.6. The third-order valence-corrected chi connectivity index (χ3v) is 4.70. The van der Waals surface area contributed by atoms with Crippen molar-refractivity contribution < 1.29 is 14.7 Å². The molecule has 0 aliphatic carbocycles. The highest BCUT2D eigenvalue weighted by atomic mass is 16.4. The van der Waals surface area contributed by atoms with Crippen molar-refractivity contribution in [3.63, 3.8) is 0 Å². The largest absolute Gasteiger partial charge is 0.481 e. The van der Waals surface area contributed by atoms with Crippen LogP contribution in [0.3, 0.4) is 0 Å². The normalized spacial score (nSPS) is 20.8. The van der Waals surface area contributed by atoms with Crippen LogP contribution < -0.4 is 0 Å². The second kappa shape index (κ2) is 6.47. The van der Waals surface area contributed by atoms with E-state index in [1.165, 1.54) is 0 Å². The Morgan fingerprint density at radius 3 is 2.71 bits per heavy atom. The zero-order valence-electron chi connectivity index (χ0n) is 13.8. The molecule has 1 aliphatic heterocycles. The third kappa shape index (κ3) is 3.04. The van der Waals surface area contributed by atoms with Crippen LogP contribution in [-0.2, 0) is 4.79 Å². The molecule has 6 nitrogen and oxygen atoms in total. The van der Waals surface area contributed by atoms with Crippen molar-refractivity contribution in [1.82, 2.24) is 14.7 Å². The number of para-hydroxylation sites is 1. The maximum atomic E-state index is 12.7. The van der Waals surface area contributed by atoms with Crippen molar-refractivity contribution in [3.8, 4) is 5.69 Å². The van der Waals surface area contributed by atoms with Crippen LogP contribution in [0, 0.1) is 18.8 Å². The van der Waals surface area contributed by atoms with E-state index in [2.05, 4.69) is 5.10 Å². The molecule has 2 unspecified atom stereocenters. The van der Waals surface area contributed by atoms with Crippen LogP contribution in [0.15, 0.2) is 36.7 Å². The highest BCUT2D eigenvalue weighted by Gasteiger charge is 2.33. The molecule has 1 aromatic heterocycles. The summed E-state index contributed by atoms with van der Waals surface area (Å²) < 4.78 is 1.70. The van der Waals surface area contributed by atoms with Gasteiger partial charge in [0.05, 0.1) is 23.4 Å². The molecule has 1 aromatic carbocycles. The summed E-state index contributed by atoms with van der Waals surface area (Å²) in [5.74, 6) is -1.29. The fourth-order valence-corrected chi connectivity index (χ4v) is 3.26. The molecule has 6 heteroatoms. The van der Waals surface area contributed by atoms with Gasteiger partial charge in [0.25, 0.3) is 5.91 Å². The lowest BCUT2D eigenvalue weighted by Crippen LogP contribution is -2.44. The van der Waals surface area contributed by atoms with Crippen molar-refractivity contribution in [2.45, 2.75) is 20.3 Å². The first-order valence-electron chi connectivity index (χ1n) is 8.10. The van der Waals surface area contributed by atoms with Crippen molar-refractivity contribution >= 4 is 11.9 Å². The number of carbonyl (C=O) groups excluding carboxylic acids is 1. The maximum Gasteiger partial charge on any atom is 0.306 e. The van der Waals surface area contributed by atoms with E-state index in [4.69, 9.17) is 0 Å². The van der Waals surface area contributed by atoms with Crippen LogP contribution in [0.2, 0.25) is 0 Å². The smallest absolute Gasteiger partial charge is 0.306 e. The van der Waals surface area contributed by atoms with Crippen molar-refractivity contribution in [2.24, 2.45) is 11.8 Å². The Morgan fingerprint density at radius 1 is 1.29 bits per heavy atom. The summed E-state index contributed by atoms with van der Waals surface area (Å²) in [7, 11) is 0. The van der Waals surface area contributed by atoms with Gasteiger partial charge in [-0.25, -0.2) is 4.68 Å². The fourth-order valence-electron chi connectivity index (χ4n) is 3.26. The molecule has 126 valence electrons. The van der Waals surface area contributed by atoms with E-state index in [1.54, 1.807) is 22.0 Å². The number of amides is 1. The van der Waals surface area contributed by atoms with Gasteiger partial charge in [-0.2, -0.15) is 5.10 Å². The third-order valence-electron chi connectivity index (χ3n) is 4.70. The number of nitrogens with zero attached hydrogens (tertiary/aromatic N) is 3. The predicted molar refractivity (Wildman–Crippen MR) is 89.1 cm³/mol. The quantitative estimate of drug-likeness (QED) is 0.939. The summed E-state index contributed by atoms with van der Waals surface area (Å²) in [5.41, 5.74) is 2.55. The van der Waals surface area contributed by atoms with Crippen molar-refractivity contribution in [2.75, 3.05) is 13.1 Å². The summed E-state index contributed by atoms with van der Waals surface area (Å²) in [6.45, 7) is 4.81. The first kappa shape index (κ1) is 16.2. The first-order valence-corrected chi connectivity index (χ1v) is 8.10. The number of carbonyl (C=O) groups is 2. The summed E-state index contributed by atoms with van der Waals surface area (Å²) in [6.07, 6.45) is 3.80. The zero-order valence-corrected chi connectivity index (χ0v) is 13.8. The monoisotopic (exact) mass is 327 g/mol. The van der Waals surface area contributed by atoms with Gasteiger partial charge in [0.1, 0.15) is 0 Å².